The first-order chi connectivity index (χ1) is 37.5. The van der Waals surface area contributed by atoms with Gasteiger partial charge >= 0.3 is 24.0 Å². The van der Waals surface area contributed by atoms with Gasteiger partial charge in [0, 0.05) is 51.5 Å². The molecule has 0 radical (unpaired) electrons. The molecule has 5 unspecified atom stereocenters. The van der Waals surface area contributed by atoms with Gasteiger partial charge in [0.25, 0.3) is 0 Å². The Kier molecular flexibility index (Phi) is 25.7. The number of amides is 4. The molecular formula is C65H113N5O11. The maximum atomic E-state index is 13.9. The van der Waals surface area contributed by atoms with E-state index in [1.165, 1.54) is 49.8 Å². The minimum Gasteiger partial charge on any atom is -0.459 e. The van der Waals surface area contributed by atoms with E-state index in [0.29, 0.717) is 50.1 Å². The average molecular weight is 1140 g/mol. The smallest absolute Gasteiger partial charge is 0.410 e. The molecule has 0 aromatic carbocycles. The number of hydrogen-bond acceptors (Lipinski definition) is 12. The van der Waals surface area contributed by atoms with Gasteiger partial charge in [-0.1, -0.05) is 65.5 Å². The molecule has 81 heavy (non-hydrogen) atoms. The summed E-state index contributed by atoms with van der Waals surface area (Å²) >= 11 is 0. The number of carbonyl (C=O) groups is 7. The lowest BCUT2D eigenvalue weighted by Gasteiger charge is -2.59. The molecule has 4 aliphatic carbocycles. The van der Waals surface area contributed by atoms with Crippen LogP contribution in [0.15, 0.2) is 11.6 Å². The molecule has 0 aromatic rings. The van der Waals surface area contributed by atoms with Crippen LogP contribution >= 0.6 is 0 Å². The normalized spacial score (nSPS) is 24.6. The molecule has 0 heterocycles. The minimum absolute atomic E-state index is 0.0515. The van der Waals surface area contributed by atoms with Crippen LogP contribution < -0.4 is 16.0 Å². The molecule has 3 N–H and O–H groups in total. The van der Waals surface area contributed by atoms with Crippen molar-refractivity contribution in [3.63, 3.8) is 0 Å². The zero-order valence-electron chi connectivity index (χ0n) is 53.8. The summed E-state index contributed by atoms with van der Waals surface area (Å²) in [6, 6.07) is -0.918. The molecule has 4 rings (SSSR count). The Hall–Kier alpha value is -4.21. The van der Waals surface area contributed by atoms with Crippen LogP contribution in [0.5, 0.6) is 0 Å². The standard InChI is InChI=1S/C65H113N5O11/c1-44(2)23-22-24-45(3)49-29-30-50-48-28-27-46-41-47(31-35-64(46,16)51(48)32-36-65(49,50)17)70(59(77)81-63(13,14)15)40-21-19-26-53(71)67-38-34-55(73)68-39-33-54(72)66-37-20-18-25-52(58(76)80-62(10,11)12)69(42-56(74)78-60(4,5)6)43-57(75)79-61(7,8)9/h27,44-45,47-52H,18-26,28-43H2,1-17H3,(H,66,72)(H,67,71)(H,68,73)/t45?,47?,48?,49-,50?,51?,52+,64+,65-/m1/s1. The zero-order valence-corrected chi connectivity index (χ0v) is 53.8. The molecule has 0 aromatic heterocycles. The maximum Gasteiger partial charge on any atom is 0.410 e. The summed E-state index contributed by atoms with van der Waals surface area (Å²) in [5.41, 5.74) is -0.873. The number of hydrogen-bond donors (Lipinski definition) is 3. The first kappa shape index (κ1) is 69.3. The van der Waals surface area contributed by atoms with Gasteiger partial charge in [-0.3, -0.25) is 33.7 Å². The monoisotopic (exact) mass is 1140 g/mol. The molecule has 0 aliphatic heterocycles. The van der Waals surface area contributed by atoms with Gasteiger partial charge in [-0.15, -0.1) is 0 Å². The largest absolute Gasteiger partial charge is 0.459 e. The molecule has 3 saturated carbocycles. The number of unbranched alkanes of at least 4 members (excludes halogenated alkanes) is 2. The highest BCUT2D eigenvalue weighted by molar-refractivity contribution is 5.81. The van der Waals surface area contributed by atoms with Crippen molar-refractivity contribution < 1.29 is 52.5 Å². The molecule has 0 spiro atoms. The average Bonchev–Trinajstić information content (AvgIpc) is 3.72. The summed E-state index contributed by atoms with van der Waals surface area (Å²) < 4.78 is 22.8. The second kappa shape index (κ2) is 30.0. The van der Waals surface area contributed by atoms with Crippen LogP contribution in [0.1, 0.15) is 240 Å². The van der Waals surface area contributed by atoms with Gasteiger partial charge in [0.15, 0.2) is 0 Å². The van der Waals surface area contributed by atoms with Gasteiger partial charge in [-0.05, 0) is 213 Å². The van der Waals surface area contributed by atoms with Gasteiger partial charge in [0.05, 0.1) is 13.1 Å². The van der Waals surface area contributed by atoms with Crippen LogP contribution in [0, 0.1) is 46.3 Å². The fourth-order valence-corrected chi connectivity index (χ4v) is 14.0. The van der Waals surface area contributed by atoms with Crippen molar-refractivity contribution in [3.05, 3.63) is 11.6 Å². The second-order valence-corrected chi connectivity index (χ2v) is 29.5. The quantitative estimate of drug-likeness (QED) is 0.0290. The number of fused-ring (bicyclic) bond motifs is 5. The lowest BCUT2D eigenvalue weighted by atomic mass is 9.46. The van der Waals surface area contributed by atoms with Gasteiger partial charge in [-0.25, -0.2) is 4.79 Å². The molecular weight excluding hydrogens is 1030 g/mol. The summed E-state index contributed by atoms with van der Waals surface area (Å²) in [7, 11) is 0. The van der Waals surface area contributed by atoms with Crippen LogP contribution in [0.4, 0.5) is 4.79 Å². The highest BCUT2D eigenvalue weighted by Gasteiger charge is 2.59. The lowest BCUT2D eigenvalue weighted by Crippen LogP contribution is -2.53. The Morgan fingerprint density at radius 1 is 0.593 bits per heavy atom. The van der Waals surface area contributed by atoms with E-state index >= 15 is 0 Å². The third kappa shape index (κ3) is 22.7. The van der Waals surface area contributed by atoms with Crippen LogP contribution in [-0.4, -0.2) is 125 Å². The molecule has 16 nitrogen and oxygen atoms in total. The summed E-state index contributed by atoms with van der Waals surface area (Å²) in [6.45, 7) is 34.2. The zero-order chi connectivity index (χ0) is 60.7. The highest BCUT2D eigenvalue weighted by atomic mass is 16.6. The highest BCUT2D eigenvalue weighted by Crippen LogP contribution is 2.67. The predicted octanol–water partition coefficient (Wildman–Crippen LogP) is 11.8. The molecule has 3 fully saturated rings. The van der Waals surface area contributed by atoms with E-state index in [2.05, 4.69) is 56.6 Å². The molecule has 0 bridgehead atoms. The second-order valence-electron chi connectivity index (χ2n) is 29.5. The maximum absolute atomic E-state index is 13.9. The number of rotatable bonds is 28. The van der Waals surface area contributed by atoms with Crippen molar-refractivity contribution in [3.8, 4) is 0 Å². The predicted molar refractivity (Wildman–Crippen MR) is 319 cm³/mol. The van der Waals surface area contributed by atoms with E-state index in [-0.39, 0.29) is 87.1 Å². The van der Waals surface area contributed by atoms with Crippen LogP contribution in [0.2, 0.25) is 0 Å². The van der Waals surface area contributed by atoms with E-state index < -0.39 is 46.4 Å². The molecule has 4 aliphatic rings. The van der Waals surface area contributed by atoms with Gasteiger partial charge < -0.3 is 39.8 Å². The number of nitrogens with zero attached hydrogens (tertiary/aromatic N) is 2. The minimum atomic E-state index is -0.971. The third-order valence-corrected chi connectivity index (χ3v) is 17.6. The first-order valence-corrected chi connectivity index (χ1v) is 31.4. The fourth-order valence-electron chi connectivity index (χ4n) is 14.0. The Balaban J connectivity index is 1.18. The molecule has 464 valence electrons. The van der Waals surface area contributed by atoms with Crippen molar-refractivity contribution in [2.45, 2.75) is 274 Å². The summed E-state index contributed by atoms with van der Waals surface area (Å²) in [5, 5.41) is 8.45. The van der Waals surface area contributed by atoms with Crippen molar-refractivity contribution in [1.29, 1.82) is 0 Å². The van der Waals surface area contributed by atoms with E-state index in [1.54, 1.807) is 67.9 Å². The van der Waals surface area contributed by atoms with Crippen molar-refractivity contribution in [2.24, 2.45) is 46.3 Å². The van der Waals surface area contributed by atoms with Crippen molar-refractivity contribution >= 4 is 41.7 Å². The number of ether oxygens (including phenoxy) is 4. The first-order valence-electron chi connectivity index (χ1n) is 31.4. The van der Waals surface area contributed by atoms with Gasteiger partial charge in [0.2, 0.25) is 17.7 Å². The number of esters is 3. The van der Waals surface area contributed by atoms with E-state index in [9.17, 15) is 33.6 Å². The van der Waals surface area contributed by atoms with E-state index in [0.717, 1.165) is 55.3 Å². The number of allylic oxidation sites excluding steroid dienone is 1. The molecule has 4 amide bonds. The number of carbonyl (C=O) groups excluding carboxylic acids is 7. The SMILES string of the molecule is CC(C)CCCC(C)[C@H]1CCC2C3CC=C4CC(N(CCCCC(=O)NCCC(=O)NCCC(=O)NCCCC[C@@H](C(=O)OC(C)(C)C)N(CC(=O)OC(C)(C)C)CC(=O)OC(C)(C)C)C(=O)OC(C)(C)C)CC[C@]4(C)C3CC[C@@]21C. The van der Waals surface area contributed by atoms with Crippen molar-refractivity contribution in [1.82, 2.24) is 25.8 Å². The van der Waals surface area contributed by atoms with E-state index in [1.807, 2.05) is 25.7 Å². The van der Waals surface area contributed by atoms with Crippen LogP contribution in [0.3, 0.4) is 0 Å². The fraction of sp³-hybridized carbons (Fsp3) is 0.862. The lowest BCUT2D eigenvalue weighted by molar-refractivity contribution is -0.168. The Morgan fingerprint density at radius 3 is 1.70 bits per heavy atom. The number of nitrogens with one attached hydrogen (secondary N) is 3. The van der Waals surface area contributed by atoms with E-state index in [4.69, 9.17) is 18.9 Å². The Morgan fingerprint density at radius 2 is 1.15 bits per heavy atom. The third-order valence-electron chi connectivity index (χ3n) is 17.6. The summed E-state index contributed by atoms with van der Waals surface area (Å²) in [5.74, 6) is 2.13. The topological polar surface area (TPSA) is 199 Å². The van der Waals surface area contributed by atoms with Gasteiger partial charge in [-0.2, -0.15) is 0 Å². The summed E-state index contributed by atoms with van der Waals surface area (Å²) in [4.78, 5) is 95.1. The van der Waals surface area contributed by atoms with Crippen LogP contribution in [-0.2, 0) is 47.7 Å². The van der Waals surface area contributed by atoms with Gasteiger partial charge in [0.1, 0.15) is 28.4 Å². The summed E-state index contributed by atoms with van der Waals surface area (Å²) in [6.07, 6.45) is 18.6. The Bertz CT molecular complexity index is 2100. The molecule has 9 atom stereocenters. The molecule has 0 saturated heterocycles. The van der Waals surface area contributed by atoms with Crippen molar-refractivity contribution in [2.75, 3.05) is 39.3 Å². The molecule has 16 heteroatoms. The van der Waals surface area contributed by atoms with Crippen LogP contribution in [0.25, 0.3) is 0 Å². The Labute approximate surface area is 489 Å².